The van der Waals surface area contributed by atoms with Crippen molar-refractivity contribution in [3.8, 4) is 0 Å². The molecule has 0 spiro atoms. The molecule has 60 valence electrons. The van der Waals surface area contributed by atoms with Gasteiger partial charge in [0.25, 0.3) is 0 Å². The second-order valence-corrected chi connectivity index (χ2v) is 3.32. The van der Waals surface area contributed by atoms with Crippen LogP contribution in [0, 0.1) is 5.92 Å². The Morgan fingerprint density at radius 1 is 1.64 bits per heavy atom. The smallest absolute Gasteiger partial charge is 0.120 e. The van der Waals surface area contributed by atoms with Crippen molar-refractivity contribution in [1.29, 1.82) is 0 Å². The Balaban J connectivity index is 2.08. The lowest BCUT2D eigenvalue weighted by atomic mass is 10.1. The second-order valence-electron chi connectivity index (χ2n) is 3.32. The van der Waals surface area contributed by atoms with Crippen LogP contribution in [0.15, 0.2) is 22.8 Å². The van der Waals surface area contributed by atoms with Crippen molar-refractivity contribution in [3.05, 3.63) is 24.2 Å². The third-order valence-corrected chi connectivity index (χ3v) is 2.24. The highest BCUT2D eigenvalue weighted by atomic mass is 16.3. The highest BCUT2D eigenvalue weighted by Crippen LogP contribution is 2.26. The van der Waals surface area contributed by atoms with Gasteiger partial charge in [0.1, 0.15) is 5.76 Å². The fraction of sp³-hybridized carbons (Fsp3) is 0.556. The van der Waals surface area contributed by atoms with E-state index < -0.39 is 0 Å². The largest absolute Gasteiger partial charge is 0.468 e. The van der Waals surface area contributed by atoms with Crippen molar-refractivity contribution in [2.24, 2.45) is 5.92 Å². The first-order valence-electron chi connectivity index (χ1n) is 4.13. The second kappa shape index (κ2) is 2.70. The lowest BCUT2D eigenvalue weighted by Crippen LogP contribution is -2.12. The molecule has 0 aliphatic carbocycles. The van der Waals surface area contributed by atoms with Gasteiger partial charge in [0.05, 0.1) is 12.3 Å². The SMILES string of the molecule is C[C@H]1CN[C@@H](c2ccco2)C1. The van der Waals surface area contributed by atoms with E-state index in [4.69, 9.17) is 4.42 Å². The van der Waals surface area contributed by atoms with Crippen molar-refractivity contribution in [1.82, 2.24) is 5.32 Å². The minimum absolute atomic E-state index is 0.458. The van der Waals surface area contributed by atoms with Crippen molar-refractivity contribution >= 4 is 0 Å². The molecular formula is C9H13NO. The molecule has 1 aromatic rings. The Bertz CT molecular complexity index is 217. The summed E-state index contributed by atoms with van der Waals surface area (Å²) in [4.78, 5) is 0. The predicted molar refractivity (Wildman–Crippen MR) is 43.2 cm³/mol. The molecule has 0 amide bonds. The van der Waals surface area contributed by atoms with Gasteiger partial charge in [-0.2, -0.15) is 0 Å². The Morgan fingerprint density at radius 2 is 2.55 bits per heavy atom. The van der Waals surface area contributed by atoms with Gasteiger partial charge in [-0.3, -0.25) is 0 Å². The van der Waals surface area contributed by atoms with Crippen LogP contribution in [0.25, 0.3) is 0 Å². The van der Waals surface area contributed by atoms with Gasteiger partial charge in [-0.05, 0) is 31.0 Å². The lowest BCUT2D eigenvalue weighted by Gasteiger charge is -2.04. The third-order valence-electron chi connectivity index (χ3n) is 2.24. The van der Waals surface area contributed by atoms with E-state index in [2.05, 4.69) is 12.2 Å². The molecule has 2 atom stereocenters. The van der Waals surface area contributed by atoms with E-state index in [1.165, 1.54) is 6.42 Å². The number of hydrogen-bond donors (Lipinski definition) is 1. The number of furan rings is 1. The Morgan fingerprint density at radius 3 is 3.09 bits per heavy atom. The number of rotatable bonds is 1. The van der Waals surface area contributed by atoms with E-state index in [-0.39, 0.29) is 0 Å². The van der Waals surface area contributed by atoms with Gasteiger partial charge in [0, 0.05) is 0 Å². The quantitative estimate of drug-likeness (QED) is 0.663. The molecule has 2 nitrogen and oxygen atoms in total. The molecule has 1 N–H and O–H groups in total. The number of nitrogens with one attached hydrogen (secondary N) is 1. The predicted octanol–water partition coefficient (Wildman–Crippen LogP) is 1.95. The Hall–Kier alpha value is -0.760. The highest BCUT2D eigenvalue weighted by Gasteiger charge is 2.23. The summed E-state index contributed by atoms with van der Waals surface area (Å²) in [5.41, 5.74) is 0. The minimum Gasteiger partial charge on any atom is -0.468 e. The topological polar surface area (TPSA) is 25.2 Å². The molecule has 2 rings (SSSR count). The molecular weight excluding hydrogens is 138 g/mol. The first-order valence-corrected chi connectivity index (χ1v) is 4.13. The first kappa shape index (κ1) is 6.92. The molecule has 1 aliphatic rings. The molecule has 1 aliphatic heterocycles. The molecule has 0 saturated carbocycles. The van der Waals surface area contributed by atoms with Gasteiger partial charge in [0.15, 0.2) is 0 Å². The maximum absolute atomic E-state index is 5.30. The van der Waals surface area contributed by atoms with Crippen LogP contribution in [0.5, 0.6) is 0 Å². The molecule has 11 heavy (non-hydrogen) atoms. The molecule has 2 heterocycles. The first-order chi connectivity index (χ1) is 5.36. The Kier molecular flexibility index (Phi) is 1.70. The van der Waals surface area contributed by atoms with Gasteiger partial charge < -0.3 is 9.73 Å². The summed E-state index contributed by atoms with van der Waals surface area (Å²) in [6.45, 7) is 3.38. The fourth-order valence-corrected chi connectivity index (χ4v) is 1.62. The van der Waals surface area contributed by atoms with E-state index in [1.807, 2.05) is 12.1 Å². The van der Waals surface area contributed by atoms with Crippen LogP contribution < -0.4 is 5.32 Å². The summed E-state index contributed by atoms with van der Waals surface area (Å²) in [7, 11) is 0. The normalized spacial score (nSPS) is 31.0. The molecule has 2 heteroatoms. The van der Waals surface area contributed by atoms with Gasteiger partial charge in [0.2, 0.25) is 0 Å². The van der Waals surface area contributed by atoms with Crippen LogP contribution in [0.1, 0.15) is 25.1 Å². The van der Waals surface area contributed by atoms with Crippen molar-refractivity contribution < 1.29 is 4.42 Å². The van der Waals surface area contributed by atoms with Crippen molar-refractivity contribution in [2.75, 3.05) is 6.54 Å². The molecule has 1 aromatic heterocycles. The minimum atomic E-state index is 0.458. The Labute approximate surface area is 66.6 Å². The van der Waals surface area contributed by atoms with Crippen LogP contribution in [0.3, 0.4) is 0 Å². The molecule has 0 bridgehead atoms. The van der Waals surface area contributed by atoms with Gasteiger partial charge in [-0.1, -0.05) is 6.92 Å². The van der Waals surface area contributed by atoms with Crippen LogP contribution >= 0.6 is 0 Å². The highest BCUT2D eigenvalue weighted by molar-refractivity contribution is 5.06. The van der Waals surface area contributed by atoms with Gasteiger partial charge in [-0.15, -0.1) is 0 Å². The average Bonchev–Trinajstić information content (AvgIpc) is 2.55. The summed E-state index contributed by atoms with van der Waals surface area (Å²) in [6.07, 6.45) is 2.94. The van der Waals surface area contributed by atoms with Gasteiger partial charge in [-0.25, -0.2) is 0 Å². The van der Waals surface area contributed by atoms with E-state index in [1.54, 1.807) is 6.26 Å². The summed E-state index contributed by atoms with van der Waals surface area (Å²) in [5.74, 6) is 1.86. The van der Waals surface area contributed by atoms with E-state index in [9.17, 15) is 0 Å². The molecule has 1 saturated heterocycles. The van der Waals surface area contributed by atoms with Crippen molar-refractivity contribution in [2.45, 2.75) is 19.4 Å². The number of hydrogen-bond acceptors (Lipinski definition) is 2. The molecule has 0 aromatic carbocycles. The van der Waals surface area contributed by atoms with Crippen LogP contribution in [0.4, 0.5) is 0 Å². The molecule has 0 radical (unpaired) electrons. The zero-order chi connectivity index (χ0) is 7.68. The third kappa shape index (κ3) is 1.31. The summed E-state index contributed by atoms with van der Waals surface area (Å²) >= 11 is 0. The molecule has 1 fully saturated rings. The van der Waals surface area contributed by atoms with Crippen molar-refractivity contribution in [3.63, 3.8) is 0 Å². The fourth-order valence-electron chi connectivity index (χ4n) is 1.62. The average molecular weight is 151 g/mol. The van der Waals surface area contributed by atoms with E-state index >= 15 is 0 Å². The zero-order valence-electron chi connectivity index (χ0n) is 6.71. The maximum Gasteiger partial charge on any atom is 0.120 e. The van der Waals surface area contributed by atoms with Crippen LogP contribution in [-0.2, 0) is 0 Å². The zero-order valence-corrected chi connectivity index (χ0v) is 6.71. The summed E-state index contributed by atoms with van der Waals surface area (Å²) in [6, 6.07) is 4.44. The monoisotopic (exact) mass is 151 g/mol. The van der Waals surface area contributed by atoms with E-state index in [0.29, 0.717) is 6.04 Å². The van der Waals surface area contributed by atoms with E-state index in [0.717, 1.165) is 18.2 Å². The van der Waals surface area contributed by atoms with Crippen LogP contribution in [-0.4, -0.2) is 6.54 Å². The summed E-state index contributed by atoms with van der Waals surface area (Å²) in [5, 5.41) is 3.42. The standard InChI is InChI=1S/C9H13NO/c1-7-5-8(10-6-7)9-3-2-4-11-9/h2-4,7-8,10H,5-6H2,1H3/t7-,8-/m1/s1. The summed E-state index contributed by atoms with van der Waals surface area (Å²) < 4.78 is 5.30. The maximum atomic E-state index is 5.30. The molecule has 0 unspecified atom stereocenters. The lowest BCUT2D eigenvalue weighted by molar-refractivity contribution is 0.441. The van der Waals surface area contributed by atoms with Crippen LogP contribution in [0.2, 0.25) is 0 Å². The van der Waals surface area contributed by atoms with Gasteiger partial charge >= 0.3 is 0 Å².